The third kappa shape index (κ3) is 3.51. The molecule has 16 heavy (non-hydrogen) atoms. The summed E-state index contributed by atoms with van der Waals surface area (Å²) in [5, 5.41) is 0. The van der Waals surface area contributed by atoms with E-state index >= 15 is 0 Å². The zero-order valence-electron chi connectivity index (χ0n) is 9.65. The highest BCUT2D eigenvalue weighted by molar-refractivity contribution is 7.92. The lowest BCUT2D eigenvalue weighted by molar-refractivity contribution is 0.222. The molecule has 2 fully saturated rings. The van der Waals surface area contributed by atoms with Gasteiger partial charge >= 0.3 is 0 Å². The van der Waals surface area contributed by atoms with Crippen LogP contribution in [0.25, 0.3) is 0 Å². The van der Waals surface area contributed by atoms with E-state index < -0.39 is 9.84 Å². The maximum Gasteiger partial charge on any atom is 0.150 e. The van der Waals surface area contributed by atoms with E-state index in [4.69, 9.17) is 4.74 Å². The highest BCUT2D eigenvalue weighted by Gasteiger charge is 2.32. The van der Waals surface area contributed by atoms with Gasteiger partial charge in [0.05, 0.1) is 24.4 Å². The fraction of sp³-hybridized carbons (Fsp3) is 0.833. The number of allylic oxidation sites excluding steroid dienone is 1. The smallest absolute Gasteiger partial charge is 0.150 e. The molecule has 0 aromatic carbocycles. The van der Waals surface area contributed by atoms with Gasteiger partial charge in [-0.15, -0.1) is 0 Å². The Morgan fingerprint density at radius 2 is 1.88 bits per heavy atom. The van der Waals surface area contributed by atoms with Crippen LogP contribution >= 0.6 is 0 Å². The van der Waals surface area contributed by atoms with Gasteiger partial charge in [0.2, 0.25) is 0 Å². The SMILES string of the molecule is O=S1(=O)CC(CCOC=C2CCCCC2)C1. The van der Waals surface area contributed by atoms with Crippen LogP contribution in [0, 0.1) is 5.92 Å². The Balaban J connectivity index is 1.58. The van der Waals surface area contributed by atoms with E-state index in [2.05, 4.69) is 0 Å². The molecule has 0 amide bonds. The van der Waals surface area contributed by atoms with Crippen LogP contribution in [-0.2, 0) is 14.6 Å². The van der Waals surface area contributed by atoms with Crippen LogP contribution < -0.4 is 0 Å². The Bertz CT molecular complexity index is 336. The number of ether oxygens (including phenoxy) is 1. The largest absolute Gasteiger partial charge is 0.501 e. The van der Waals surface area contributed by atoms with Crippen molar-refractivity contribution >= 4 is 9.84 Å². The Hall–Kier alpha value is -0.510. The van der Waals surface area contributed by atoms with E-state index in [1.807, 2.05) is 6.26 Å². The summed E-state index contributed by atoms with van der Waals surface area (Å²) in [5.41, 5.74) is 1.42. The minimum Gasteiger partial charge on any atom is -0.501 e. The highest BCUT2D eigenvalue weighted by atomic mass is 32.2. The summed E-state index contributed by atoms with van der Waals surface area (Å²) in [6.07, 6.45) is 9.06. The van der Waals surface area contributed by atoms with Gasteiger partial charge in [0.1, 0.15) is 0 Å². The molecule has 0 unspecified atom stereocenters. The van der Waals surface area contributed by atoms with Crippen LogP contribution in [0.4, 0.5) is 0 Å². The zero-order valence-corrected chi connectivity index (χ0v) is 10.5. The van der Waals surface area contributed by atoms with Gasteiger partial charge in [-0.3, -0.25) is 0 Å². The lowest BCUT2D eigenvalue weighted by Gasteiger charge is -2.25. The van der Waals surface area contributed by atoms with Crippen LogP contribution in [-0.4, -0.2) is 26.5 Å². The van der Waals surface area contributed by atoms with Gasteiger partial charge in [0.15, 0.2) is 9.84 Å². The van der Waals surface area contributed by atoms with Crippen molar-refractivity contribution in [1.29, 1.82) is 0 Å². The molecule has 0 N–H and O–H groups in total. The van der Waals surface area contributed by atoms with Crippen molar-refractivity contribution in [3.8, 4) is 0 Å². The number of rotatable bonds is 4. The lowest BCUT2D eigenvalue weighted by Crippen LogP contribution is -2.36. The Labute approximate surface area is 97.8 Å². The molecule has 1 heterocycles. The second kappa shape index (κ2) is 5.21. The van der Waals surface area contributed by atoms with Crippen molar-refractivity contribution in [2.24, 2.45) is 5.92 Å². The first kappa shape index (κ1) is 12.0. The summed E-state index contributed by atoms with van der Waals surface area (Å²) in [6.45, 7) is 0.670. The predicted octanol–water partition coefficient (Wildman–Crippen LogP) is 2.29. The molecular weight excluding hydrogens is 224 g/mol. The molecule has 0 atom stereocenters. The second-order valence-electron chi connectivity index (χ2n) is 4.94. The fourth-order valence-electron chi connectivity index (χ4n) is 2.37. The molecule has 3 nitrogen and oxygen atoms in total. The van der Waals surface area contributed by atoms with E-state index in [0.717, 1.165) is 6.42 Å². The molecule has 0 aromatic rings. The molecule has 1 saturated carbocycles. The Kier molecular flexibility index (Phi) is 3.90. The Morgan fingerprint density at radius 1 is 1.19 bits per heavy atom. The molecule has 4 heteroatoms. The summed E-state index contributed by atoms with van der Waals surface area (Å²) in [5.74, 6) is 1.08. The summed E-state index contributed by atoms with van der Waals surface area (Å²) in [4.78, 5) is 0. The van der Waals surface area contributed by atoms with Crippen LogP contribution in [0.15, 0.2) is 11.8 Å². The van der Waals surface area contributed by atoms with Gasteiger partial charge in [-0.05, 0) is 43.6 Å². The predicted molar refractivity (Wildman–Crippen MR) is 63.9 cm³/mol. The van der Waals surface area contributed by atoms with Crippen molar-refractivity contribution < 1.29 is 13.2 Å². The maximum absolute atomic E-state index is 10.9. The summed E-state index contributed by atoms with van der Waals surface area (Å²) < 4.78 is 27.3. The van der Waals surface area contributed by atoms with Gasteiger partial charge in [-0.2, -0.15) is 0 Å². The van der Waals surface area contributed by atoms with Crippen LogP contribution in [0.2, 0.25) is 0 Å². The third-order valence-corrected chi connectivity index (χ3v) is 5.33. The van der Waals surface area contributed by atoms with Gasteiger partial charge < -0.3 is 4.74 Å². The normalized spacial score (nSPS) is 24.9. The van der Waals surface area contributed by atoms with Crippen molar-refractivity contribution in [1.82, 2.24) is 0 Å². The van der Waals surface area contributed by atoms with E-state index in [0.29, 0.717) is 24.0 Å². The Morgan fingerprint density at radius 3 is 2.50 bits per heavy atom. The molecule has 1 aliphatic carbocycles. The lowest BCUT2D eigenvalue weighted by atomic mass is 9.96. The molecule has 2 aliphatic rings. The first-order valence-electron chi connectivity index (χ1n) is 6.16. The quantitative estimate of drug-likeness (QED) is 0.563. The summed E-state index contributed by atoms with van der Waals surface area (Å²) in [6, 6.07) is 0. The topological polar surface area (TPSA) is 43.4 Å². The van der Waals surface area contributed by atoms with E-state index in [1.165, 1.54) is 37.7 Å². The van der Waals surface area contributed by atoms with Crippen LogP contribution in [0.1, 0.15) is 38.5 Å². The van der Waals surface area contributed by atoms with Crippen molar-refractivity contribution in [3.63, 3.8) is 0 Å². The van der Waals surface area contributed by atoms with Gasteiger partial charge in [-0.25, -0.2) is 8.42 Å². The molecule has 1 aliphatic heterocycles. The first-order valence-corrected chi connectivity index (χ1v) is 7.98. The minimum absolute atomic E-state index is 0.342. The highest BCUT2D eigenvalue weighted by Crippen LogP contribution is 2.24. The zero-order chi connectivity index (χ0) is 11.4. The molecule has 0 spiro atoms. The average molecular weight is 244 g/mol. The van der Waals surface area contributed by atoms with Gasteiger partial charge in [0, 0.05) is 0 Å². The number of hydrogen-bond acceptors (Lipinski definition) is 3. The van der Waals surface area contributed by atoms with E-state index in [9.17, 15) is 8.42 Å². The van der Waals surface area contributed by atoms with Crippen molar-refractivity contribution in [3.05, 3.63) is 11.8 Å². The van der Waals surface area contributed by atoms with Gasteiger partial charge in [0.25, 0.3) is 0 Å². The second-order valence-corrected chi connectivity index (χ2v) is 7.09. The molecule has 0 aromatic heterocycles. The van der Waals surface area contributed by atoms with Crippen LogP contribution in [0.3, 0.4) is 0 Å². The summed E-state index contributed by atoms with van der Waals surface area (Å²) in [7, 11) is -2.66. The van der Waals surface area contributed by atoms with Crippen molar-refractivity contribution in [2.45, 2.75) is 38.5 Å². The molecule has 1 saturated heterocycles. The molecule has 0 radical (unpaired) electrons. The molecular formula is C12H20O3S. The molecule has 0 bridgehead atoms. The fourth-order valence-corrected chi connectivity index (χ4v) is 4.04. The maximum atomic E-state index is 10.9. The monoisotopic (exact) mass is 244 g/mol. The molecule has 2 rings (SSSR count). The first-order chi connectivity index (χ1) is 7.66. The average Bonchev–Trinajstić information content (AvgIpc) is 2.23. The van der Waals surface area contributed by atoms with Crippen LogP contribution in [0.5, 0.6) is 0 Å². The van der Waals surface area contributed by atoms with Gasteiger partial charge in [-0.1, -0.05) is 6.42 Å². The number of sulfone groups is 1. The van der Waals surface area contributed by atoms with Crippen molar-refractivity contribution in [2.75, 3.05) is 18.1 Å². The number of hydrogen-bond donors (Lipinski definition) is 0. The standard InChI is InChI=1S/C12H20O3S/c13-16(14)9-12(10-16)6-7-15-8-11-4-2-1-3-5-11/h8,12H,1-7,9-10H2. The molecule has 92 valence electrons. The minimum atomic E-state index is -2.66. The third-order valence-electron chi connectivity index (χ3n) is 3.37. The van der Waals surface area contributed by atoms with E-state index in [1.54, 1.807) is 0 Å². The summed E-state index contributed by atoms with van der Waals surface area (Å²) >= 11 is 0. The van der Waals surface area contributed by atoms with E-state index in [-0.39, 0.29) is 0 Å².